The lowest BCUT2D eigenvalue weighted by Gasteiger charge is -2.16. The summed E-state index contributed by atoms with van der Waals surface area (Å²) in [7, 11) is 0. The summed E-state index contributed by atoms with van der Waals surface area (Å²) < 4.78 is 5.53. The fourth-order valence-electron chi connectivity index (χ4n) is 3.81. The molecule has 6 nitrogen and oxygen atoms in total. The number of aryl methyl sites for hydroxylation is 3. The van der Waals surface area contributed by atoms with Crippen molar-refractivity contribution < 1.29 is 19.1 Å². The molecule has 1 N–H and O–H groups in total. The minimum absolute atomic E-state index is 0.0157. The van der Waals surface area contributed by atoms with Gasteiger partial charge in [-0.1, -0.05) is 42.8 Å². The molecule has 0 bridgehead atoms. The van der Waals surface area contributed by atoms with Crippen molar-refractivity contribution >= 4 is 40.8 Å². The Bertz CT molecular complexity index is 1310. The van der Waals surface area contributed by atoms with Gasteiger partial charge in [0, 0.05) is 5.69 Å². The van der Waals surface area contributed by atoms with Gasteiger partial charge in [-0.25, -0.2) is 9.69 Å². The van der Waals surface area contributed by atoms with Gasteiger partial charge >= 0.3 is 5.97 Å². The molecule has 2 amide bonds. The van der Waals surface area contributed by atoms with Gasteiger partial charge in [-0.2, -0.15) is 0 Å². The smallest absolute Gasteiger partial charge is 0.343 e. The van der Waals surface area contributed by atoms with Crippen molar-refractivity contribution in [3.8, 4) is 5.75 Å². The van der Waals surface area contributed by atoms with Gasteiger partial charge in [-0.15, -0.1) is 0 Å². The topological polar surface area (TPSA) is 75.7 Å². The van der Waals surface area contributed by atoms with E-state index in [1.807, 2.05) is 45.0 Å². The number of amides is 2. The summed E-state index contributed by atoms with van der Waals surface area (Å²) in [5, 5.41) is 2.73. The molecule has 0 aliphatic carbocycles. The summed E-state index contributed by atoms with van der Waals surface area (Å²) in [5.74, 6) is -1.10. The van der Waals surface area contributed by atoms with E-state index in [4.69, 9.17) is 16.3 Å². The van der Waals surface area contributed by atoms with E-state index in [2.05, 4.69) is 5.32 Å². The van der Waals surface area contributed by atoms with Gasteiger partial charge in [0.25, 0.3) is 11.8 Å². The molecule has 0 fully saturated rings. The zero-order valence-corrected chi connectivity index (χ0v) is 19.8. The molecule has 7 heteroatoms. The molecule has 0 saturated heterocycles. The lowest BCUT2D eigenvalue weighted by molar-refractivity contribution is -0.120. The van der Waals surface area contributed by atoms with Gasteiger partial charge in [0.2, 0.25) is 0 Å². The lowest BCUT2D eigenvalue weighted by Crippen LogP contribution is -2.32. The Kier molecular flexibility index (Phi) is 6.52. The summed E-state index contributed by atoms with van der Waals surface area (Å²) in [5.41, 5.74) is 4.10. The number of benzene rings is 3. The fraction of sp³-hybridized carbons (Fsp3) is 0.148. The van der Waals surface area contributed by atoms with Crippen LogP contribution in [-0.2, 0) is 16.0 Å². The Hall–Kier alpha value is -3.90. The van der Waals surface area contributed by atoms with Crippen molar-refractivity contribution in [1.82, 2.24) is 0 Å². The standard InChI is InChI=1S/C27H23ClN2O4/c1-4-18-7-5-6-8-22(18)34-27(33)19-9-11-20(12-10-19)29-24-23(28)25(31)30(26(24)32)21-14-16(2)13-17(3)15-21/h5-15,29H,4H2,1-3H3. The van der Waals surface area contributed by atoms with Gasteiger partial charge in [0.15, 0.2) is 0 Å². The number of halogens is 1. The fourth-order valence-corrected chi connectivity index (χ4v) is 4.03. The molecule has 4 rings (SSSR count). The third-order valence-corrected chi connectivity index (χ3v) is 5.79. The molecule has 0 atom stereocenters. The number of hydrogen-bond donors (Lipinski definition) is 1. The van der Waals surface area contributed by atoms with Crippen LogP contribution in [-0.4, -0.2) is 17.8 Å². The third-order valence-electron chi connectivity index (χ3n) is 5.44. The molecule has 172 valence electrons. The third kappa shape index (κ3) is 4.58. The SMILES string of the molecule is CCc1ccccc1OC(=O)c1ccc(NC2=C(Cl)C(=O)N(c3cc(C)cc(C)c3)C2=O)cc1. The Labute approximate surface area is 202 Å². The summed E-state index contributed by atoms with van der Waals surface area (Å²) >= 11 is 6.23. The number of para-hydroxylation sites is 1. The molecule has 3 aromatic rings. The van der Waals surface area contributed by atoms with Crippen LogP contribution in [0.4, 0.5) is 11.4 Å². The number of carbonyl (C=O) groups is 3. The summed E-state index contributed by atoms with van der Waals surface area (Å²) in [6.07, 6.45) is 0.744. The van der Waals surface area contributed by atoms with E-state index in [9.17, 15) is 14.4 Å². The van der Waals surface area contributed by atoms with Crippen LogP contribution in [0.2, 0.25) is 0 Å². The number of carbonyl (C=O) groups excluding carboxylic acids is 3. The summed E-state index contributed by atoms with van der Waals surface area (Å²) in [6.45, 7) is 5.77. The first-order valence-corrected chi connectivity index (χ1v) is 11.2. The minimum Gasteiger partial charge on any atom is -0.423 e. The number of imide groups is 1. The Morgan fingerprint density at radius 3 is 2.24 bits per heavy atom. The van der Waals surface area contributed by atoms with Crippen LogP contribution < -0.4 is 15.0 Å². The molecule has 34 heavy (non-hydrogen) atoms. The normalized spacial score (nSPS) is 13.5. The van der Waals surface area contributed by atoms with Crippen LogP contribution in [0.25, 0.3) is 0 Å². The molecular weight excluding hydrogens is 452 g/mol. The van der Waals surface area contributed by atoms with E-state index in [-0.39, 0.29) is 10.7 Å². The van der Waals surface area contributed by atoms with Crippen LogP contribution in [0.15, 0.2) is 77.5 Å². The van der Waals surface area contributed by atoms with Crippen LogP contribution in [0.1, 0.15) is 34.0 Å². The highest BCUT2D eigenvalue weighted by atomic mass is 35.5. The average molecular weight is 475 g/mol. The van der Waals surface area contributed by atoms with Crippen LogP contribution in [0.5, 0.6) is 5.75 Å². The highest BCUT2D eigenvalue weighted by Gasteiger charge is 2.39. The number of esters is 1. The molecule has 0 saturated carbocycles. The van der Waals surface area contributed by atoms with Crippen molar-refractivity contribution in [2.45, 2.75) is 27.2 Å². The number of anilines is 2. The van der Waals surface area contributed by atoms with Crippen LogP contribution in [0.3, 0.4) is 0 Å². The predicted octanol–water partition coefficient (Wildman–Crippen LogP) is 5.52. The van der Waals surface area contributed by atoms with Crippen molar-refractivity contribution in [2.24, 2.45) is 0 Å². The van der Waals surface area contributed by atoms with E-state index in [0.29, 0.717) is 22.7 Å². The van der Waals surface area contributed by atoms with Crippen molar-refractivity contribution in [2.75, 3.05) is 10.2 Å². The van der Waals surface area contributed by atoms with Gasteiger partial charge < -0.3 is 10.1 Å². The maximum absolute atomic E-state index is 13.0. The molecule has 1 heterocycles. The van der Waals surface area contributed by atoms with Crippen molar-refractivity contribution in [1.29, 1.82) is 0 Å². The van der Waals surface area contributed by atoms with Crippen LogP contribution >= 0.6 is 11.6 Å². The molecular formula is C27H23ClN2O4. The number of hydrogen-bond acceptors (Lipinski definition) is 5. The second-order valence-electron chi connectivity index (χ2n) is 8.03. The number of rotatable bonds is 6. The van der Waals surface area contributed by atoms with E-state index in [1.165, 1.54) is 0 Å². The Morgan fingerprint density at radius 2 is 1.59 bits per heavy atom. The highest BCUT2D eigenvalue weighted by Crippen LogP contribution is 2.31. The highest BCUT2D eigenvalue weighted by molar-refractivity contribution is 6.53. The van der Waals surface area contributed by atoms with Crippen molar-refractivity contribution in [3.63, 3.8) is 0 Å². The average Bonchev–Trinajstić information content (AvgIpc) is 3.02. The zero-order chi connectivity index (χ0) is 24.4. The van der Waals surface area contributed by atoms with E-state index >= 15 is 0 Å². The quantitative estimate of drug-likeness (QED) is 0.289. The lowest BCUT2D eigenvalue weighted by atomic mass is 10.1. The van der Waals surface area contributed by atoms with Crippen LogP contribution in [0, 0.1) is 13.8 Å². The predicted molar refractivity (Wildman–Crippen MR) is 132 cm³/mol. The van der Waals surface area contributed by atoms with Gasteiger partial charge in [0.05, 0.1) is 11.3 Å². The molecule has 1 aliphatic rings. The molecule has 0 aromatic heterocycles. The number of nitrogens with zero attached hydrogens (tertiary/aromatic N) is 1. The van der Waals surface area contributed by atoms with E-state index < -0.39 is 17.8 Å². The first-order chi connectivity index (χ1) is 16.3. The first kappa shape index (κ1) is 23.3. The van der Waals surface area contributed by atoms with Gasteiger partial charge in [-0.05, 0) is 79.4 Å². The van der Waals surface area contributed by atoms with E-state index in [1.54, 1.807) is 42.5 Å². The minimum atomic E-state index is -0.589. The molecule has 0 unspecified atom stereocenters. The monoisotopic (exact) mass is 474 g/mol. The second-order valence-corrected chi connectivity index (χ2v) is 8.41. The second kappa shape index (κ2) is 9.53. The summed E-state index contributed by atoms with van der Waals surface area (Å²) in [6, 6.07) is 19.2. The van der Waals surface area contributed by atoms with Gasteiger partial charge in [0.1, 0.15) is 16.5 Å². The maximum atomic E-state index is 13.0. The largest absolute Gasteiger partial charge is 0.423 e. The number of nitrogens with one attached hydrogen (secondary N) is 1. The molecule has 1 aliphatic heterocycles. The first-order valence-electron chi connectivity index (χ1n) is 10.8. The molecule has 0 spiro atoms. The Morgan fingerprint density at radius 1 is 0.941 bits per heavy atom. The van der Waals surface area contributed by atoms with E-state index in [0.717, 1.165) is 28.0 Å². The zero-order valence-electron chi connectivity index (χ0n) is 19.0. The maximum Gasteiger partial charge on any atom is 0.343 e. The van der Waals surface area contributed by atoms with Gasteiger partial charge in [-0.3, -0.25) is 9.59 Å². The summed E-state index contributed by atoms with van der Waals surface area (Å²) in [4.78, 5) is 39.4. The Balaban J connectivity index is 1.50. The molecule has 0 radical (unpaired) electrons. The van der Waals surface area contributed by atoms with Crippen molar-refractivity contribution in [3.05, 3.63) is 99.7 Å². The molecule has 3 aromatic carbocycles. The number of ether oxygens (including phenoxy) is 1.